The number of phenols is 3. The highest BCUT2D eigenvalue weighted by atomic mass is 16.7. The second-order valence-electron chi connectivity index (χ2n) is 10.1. The summed E-state index contributed by atoms with van der Waals surface area (Å²) in [6, 6.07) is 7.86. The molecule has 41 heavy (non-hydrogen) atoms. The van der Waals surface area contributed by atoms with Crippen LogP contribution in [0.2, 0.25) is 0 Å². The predicted octanol–water partition coefficient (Wildman–Crippen LogP) is -1.06. The fourth-order valence-corrected chi connectivity index (χ4v) is 5.02. The molecule has 2 aromatic carbocycles. The molecule has 0 radical (unpaired) electrons. The van der Waals surface area contributed by atoms with E-state index in [1.807, 2.05) is 0 Å². The Bertz CT molecular complexity index is 1460. The molecule has 9 N–H and O–H groups in total. The van der Waals surface area contributed by atoms with Crippen LogP contribution in [0.3, 0.4) is 0 Å². The Kier molecular flexibility index (Phi) is 7.95. The molecule has 10 atom stereocenters. The molecule has 2 saturated heterocycles. The molecule has 2 aliphatic rings. The number of hydrogen-bond acceptors (Lipinski definition) is 14. The summed E-state index contributed by atoms with van der Waals surface area (Å²) in [5, 5.41) is 92.8. The van der Waals surface area contributed by atoms with Gasteiger partial charge in [-0.2, -0.15) is 0 Å². The maximum atomic E-state index is 13.0. The van der Waals surface area contributed by atoms with Gasteiger partial charge in [0.25, 0.3) is 0 Å². The number of ether oxygens (including phenoxy) is 3. The Morgan fingerprint density at radius 2 is 1.46 bits per heavy atom. The average molecular weight is 579 g/mol. The van der Waals surface area contributed by atoms with Gasteiger partial charge in [-0.1, -0.05) is 0 Å². The molecule has 0 amide bonds. The van der Waals surface area contributed by atoms with Crippen molar-refractivity contribution in [2.45, 2.75) is 68.1 Å². The number of hydrogen-bond donors (Lipinski definition) is 9. The lowest BCUT2D eigenvalue weighted by atomic mass is 9.89. The van der Waals surface area contributed by atoms with Crippen LogP contribution in [0.4, 0.5) is 0 Å². The highest BCUT2D eigenvalue weighted by molar-refractivity contribution is 5.88. The lowest BCUT2D eigenvalue weighted by Crippen LogP contribution is -2.59. The molecule has 2 fully saturated rings. The molecule has 3 aromatic rings. The minimum Gasteiger partial charge on any atom is -0.508 e. The fourth-order valence-electron chi connectivity index (χ4n) is 5.02. The zero-order valence-electron chi connectivity index (χ0n) is 21.5. The standard InChI is InChI=1S/C27H30O14/c1-9-19(31)22(34)25(37)27(39-9)38-8-16-20(32)23(35)24(36)26(41-16)18-13(30)7-15-17(21(18)33)12(29)6-14(40-15)10-2-4-11(28)5-3-10/h2-7,9,16,19-20,22-28,30-37H,8H2,1H3/t9-,16+,19-,20+,22+,23-,24+,25-,26-,27+/m0/s1. The number of benzene rings is 2. The Morgan fingerprint density at radius 1 is 0.805 bits per heavy atom. The highest BCUT2D eigenvalue weighted by Gasteiger charge is 2.48. The van der Waals surface area contributed by atoms with Crippen molar-refractivity contribution in [3.63, 3.8) is 0 Å². The first-order valence-corrected chi connectivity index (χ1v) is 12.7. The maximum absolute atomic E-state index is 13.0. The molecule has 0 spiro atoms. The lowest BCUT2D eigenvalue weighted by molar-refractivity contribution is -0.308. The predicted molar refractivity (Wildman–Crippen MR) is 137 cm³/mol. The topological polar surface area (TPSA) is 240 Å². The third-order valence-electron chi connectivity index (χ3n) is 7.39. The molecule has 1 aromatic heterocycles. The zero-order chi connectivity index (χ0) is 29.7. The molecule has 14 heteroatoms. The van der Waals surface area contributed by atoms with Gasteiger partial charge >= 0.3 is 0 Å². The molecule has 0 aliphatic carbocycles. The van der Waals surface area contributed by atoms with Gasteiger partial charge in [-0.3, -0.25) is 4.79 Å². The number of fused-ring (bicyclic) bond motifs is 1. The van der Waals surface area contributed by atoms with E-state index in [4.69, 9.17) is 18.6 Å². The molecular weight excluding hydrogens is 548 g/mol. The second kappa shape index (κ2) is 11.2. The first-order valence-electron chi connectivity index (χ1n) is 12.7. The first kappa shape index (κ1) is 29.2. The average Bonchev–Trinajstić information content (AvgIpc) is 2.93. The van der Waals surface area contributed by atoms with Gasteiger partial charge in [0.15, 0.2) is 11.7 Å². The van der Waals surface area contributed by atoms with E-state index >= 15 is 0 Å². The van der Waals surface area contributed by atoms with Crippen LogP contribution in [0.5, 0.6) is 17.2 Å². The summed E-state index contributed by atoms with van der Waals surface area (Å²) in [5.41, 5.74) is -0.952. The number of aliphatic hydroxyl groups is 6. The van der Waals surface area contributed by atoms with Gasteiger partial charge in [-0.25, -0.2) is 0 Å². The van der Waals surface area contributed by atoms with E-state index < -0.39 is 90.3 Å². The molecule has 0 saturated carbocycles. The van der Waals surface area contributed by atoms with Crippen LogP contribution in [-0.2, 0) is 14.2 Å². The quantitative estimate of drug-likeness (QED) is 0.175. The van der Waals surface area contributed by atoms with Crippen molar-refractivity contribution in [3.05, 3.63) is 52.2 Å². The van der Waals surface area contributed by atoms with Gasteiger partial charge < -0.3 is 64.6 Å². The molecule has 0 unspecified atom stereocenters. The Hall–Kier alpha value is -3.31. The third-order valence-corrected chi connectivity index (χ3v) is 7.39. The van der Waals surface area contributed by atoms with Crippen LogP contribution in [-0.4, -0.2) is 108 Å². The normalized spacial score (nSPS) is 34.1. The van der Waals surface area contributed by atoms with Crippen molar-refractivity contribution in [2.24, 2.45) is 0 Å². The molecule has 222 valence electrons. The van der Waals surface area contributed by atoms with Crippen LogP contribution in [0, 0.1) is 0 Å². The van der Waals surface area contributed by atoms with Crippen molar-refractivity contribution >= 4 is 11.0 Å². The van der Waals surface area contributed by atoms with E-state index in [9.17, 15) is 50.8 Å². The fraction of sp³-hybridized carbons (Fsp3) is 0.444. The van der Waals surface area contributed by atoms with E-state index in [-0.39, 0.29) is 22.5 Å². The summed E-state index contributed by atoms with van der Waals surface area (Å²) >= 11 is 0. The molecule has 5 rings (SSSR count). The minimum atomic E-state index is -1.88. The van der Waals surface area contributed by atoms with Crippen molar-refractivity contribution in [1.82, 2.24) is 0 Å². The molecule has 14 nitrogen and oxygen atoms in total. The molecule has 2 aliphatic heterocycles. The van der Waals surface area contributed by atoms with Gasteiger partial charge in [0.05, 0.1) is 18.3 Å². The Labute approximate surface area is 231 Å². The first-order chi connectivity index (χ1) is 19.4. The van der Waals surface area contributed by atoms with Crippen LogP contribution in [0.15, 0.2) is 45.6 Å². The van der Waals surface area contributed by atoms with E-state index in [1.54, 1.807) is 0 Å². The third kappa shape index (κ3) is 5.25. The number of aromatic hydroxyl groups is 3. The lowest BCUT2D eigenvalue weighted by Gasteiger charge is -2.43. The van der Waals surface area contributed by atoms with Gasteiger partial charge in [0, 0.05) is 17.7 Å². The van der Waals surface area contributed by atoms with E-state index in [2.05, 4.69) is 0 Å². The summed E-state index contributed by atoms with van der Waals surface area (Å²) in [7, 11) is 0. The summed E-state index contributed by atoms with van der Waals surface area (Å²) < 4.78 is 22.2. The summed E-state index contributed by atoms with van der Waals surface area (Å²) in [6.45, 7) is 0.875. The number of rotatable bonds is 5. The van der Waals surface area contributed by atoms with Crippen LogP contribution >= 0.6 is 0 Å². The molecule has 0 bridgehead atoms. The Balaban J connectivity index is 1.44. The van der Waals surface area contributed by atoms with E-state index in [0.29, 0.717) is 5.56 Å². The zero-order valence-corrected chi connectivity index (χ0v) is 21.5. The van der Waals surface area contributed by atoms with Gasteiger partial charge in [0.1, 0.15) is 82.8 Å². The van der Waals surface area contributed by atoms with Crippen molar-refractivity contribution in [2.75, 3.05) is 6.61 Å². The summed E-state index contributed by atoms with van der Waals surface area (Å²) in [4.78, 5) is 13.0. The van der Waals surface area contributed by atoms with Gasteiger partial charge in [-0.05, 0) is 31.2 Å². The van der Waals surface area contributed by atoms with Crippen LogP contribution < -0.4 is 5.43 Å². The number of aliphatic hydroxyl groups excluding tert-OH is 6. The van der Waals surface area contributed by atoms with Crippen molar-refractivity contribution < 1.29 is 64.6 Å². The minimum absolute atomic E-state index is 0.00717. The summed E-state index contributed by atoms with van der Waals surface area (Å²) in [5.74, 6) is -1.38. The second-order valence-corrected chi connectivity index (χ2v) is 10.1. The van der Waals surface area contributed by atoms with Crippen LogP contribution in [0.1, 0.15) is 18.6 Å². The number of phenolic OH excluding ortho intramolecular Hbond substituents is 3. The largest absolute Gasteiger partial charge is 0.508 e. The Morgan fingerprint density at radius 3 is 2.15 bits per heavy atom. The van der Waals surface area contributed by atoms with E-state index in [1.165, 1.54) is 31.2 Å². The summed E-state index contributed by atoms with van der Waals surface area (Å²) in [6.07, 6.45) is -15.6. The van der Waals surface area contributed by atoms with E-state index in [0.717, 1.165) is 12.1 Å². The molecule has 3 heterocycles. The van der Waals surface area contributed by atoms with Crippen molar-refractivity contribution in [1.29, 1.82) is 0 Å². The molecular formula is C27H30O14. The highest BCUT2D eigenvalue weighted by Crippen LogP contribution is 2.45. The van der Waals surface area contributed by atoms with Gasteiger partial charge in [0.2, 0.25) is 0 Å². The van der Waals surface area contributed by atoms with Gasteiger partial charge in [-0.15, -0.1) is 0 Å². The SMILES string of the molecule is C[C@@H]1O[C@@H](OC[C@H]2O[C@@H](c3c(O)cc4oc(-c5ccc(O)cc5)cc(=O)c4c3O)[C@H](O)[C@@H](O)[C@@H]2O)[C@@H](O)[C@H](O)[C@H]1O. The maximum Gasteiger partial charge on any atom is 0.197 e. The van der Waals surface area contributed by atoms with Crippen LogP contribution in [0.25, 0.3) is 22.3 Å². The monoisotopic (exact) mass is 578 g/mol. The smallest absolute Gasteiger partial charge is 0.197 e. The van der Waals surface area contributed by atoms with Crippen molar-refractivity contribution in [3.8, 4) is 28.6 Å².